The Morgan fingerprint density at radius 2 is 1.82 bits per heavy atom. The molecule has 0 aliphatic carbocycles. The van der Waals surface area contributed by atoms with Gasteiger partial charge in [0.2, 0.25) is 10.0 Å². The minimum Gasteiger partial charge on any atom is -0.497 e. The number of methoxy groups -OCH3 is 1. The maximum Gasteiger partial charge on any atom is 0.264 e. The average molecular weight is 407 g/mol. The molecule has 0 aliphatic heterocycles. The van der Waals surface area contributed by atoms with Crippen LogP contribution in [0, 0.1) is 0 Å². The van der Waals surface area contributed by atoms with Crippen LogP contribution in [0.5, 0.6) is 11.5 Å². The third-order valence-corrected chi connectivity index (χ3v) is 5.61. The predicted molar refractivity (Wildman–Crippen MR) is 108 cm³/mol. The average Bonchev–Trinajstić information content (AvgIpc) is 2.72. The zero-order chi connectivity index (χ0) is 20.6. The first-order chi connectivity index (χ1) is 13.4. The van der Waals surface area contributed by atoms with Gasteiger partial charge in [-0.1, -0.05) is 19.4 Å². The molecule has 2 aromatic carbocycles. The van der Waals surface area contributed by atoms with Crippen LogP contribution >= 0.6 is 0 Å². The molecule has 2 aromatic rings. The minimum absolute atomic E-state index is 0.163. The number of carbonyl (C=O) groups is 1. The van der Waals surface area contributed by atoms with Gasteiger partial charge in [0.25, 0.3) is 5.91 Å². The third-order valence-electron chi connectivity index (χ3n) is 4.13. The van der Waals surface area contributed by atoms with E-state index >= 15 is 0 Å². The molecule has 1 N–H and O–H groups in total. The molecule has 0 radical (unpaired) electrons. The van der Waals surface area contributed by atoms with E-state index in [0.717, 1.165) is 12.8 Å². The van der Waals surface area contributed by atoms with E-state index in [1.165, 1.54) is 29.2 Å². The molecule has 0 saturated carbocycles. The van der Waals surface area contributed by atoms with Crippen molar-refractivity contribution in [1.29, 1.82) is 0 Å². The molecule has 2 rings (SSSR count). The van der Waals surface area contributed by atoms with Gasteiger partial charge in [-0.25, -0.2) is 13.1 Å². The number of nitrogens with one attached hydrogen (secondary N) is 1. The van der Waals surface area contributed by atoms with E-state index in [2.05, 4.69) is 4.72 Å². The maximum atomic E-state index is 12.3. The van der Waals surface area contributed by atoms with Crippen LogP contribution in [0.25, 0.3) is 0 Å². The quantitative estimate of drug-likeness (QED) is 0.613. The summed E-state index contributed by atoms with van der Waals surface area (Å²) in [4.78, 5) is 14.0. The van der Waals surface area contributed by atoms with E-state index in [-0.39, 0.29) is 17.4 Å². The number of carbonyl (C=O) groups excluding carboxylic acids is 1. The van der Waals surface area contributed by atoms with Crippen molar-refractivity contribution in [2.45, 2.75) is 24.7 Å². The van der Waals surface area contributed by atoms with Gasteiger partial charge in [0, 0.05) is 25.3 Å². The number of hydrogen-bond donors (Lipinski definition) is 1. The summed E-state index contributed by atoms with van der Waals surface area (Å²) in [7, 11) is -0.316. The smallest absolute Gasteiger partial charge is 0.264 e. The van der Waals surface area contributed by atoms with Crippen LogP contribution in [-0.4, -0.2) is 41.6 Å². The molecule has 0 bridgehead atoms. The van der Waals surface area contributed by atoms with Crippen molar-refractivity contribution in [2.24, 2.45) is 0 Å². The van der Waals surface area contributed by atoms with E-state index in [4.69, 9.17) is 9.47 Å². The van der Waals surface area contributed by atoms with Crippen molar-refractivity contribution in [3.63, 3.8) is 0 Å². The first-order valence-electron chi connectivity index (χ1n) is 9.00. The highest BCUT2D eigenvalue weighted by Crippen LogP contribution is 2.20. The summed E-state index contributed by atoms with van der Waals surface area (Å²) in [5.41, 5.74) is 0.688. The fraction of sp³-hybridized carbons (Fsp3) is 0.350. The molecule has 1 amide bonds. The van der Waals surface area contributed by atoms with Gasteiger partial charge in [-0.2, -0.15) is 0 Å². The number of sulfonamides is 1. The van der Waals surface area contributed by atoms with Gasteiger partial charge >= 0.3 is 0 Å². The monoisotopic (exact) mass is 406 g/mol. The largest absolute Gasteiger partial charge is 0.497 e. The summed E-state index contributed by atoms with van der Waals surface area (Å²) < 4.78 is 37.5. The molecule has 0 aromatic heterocycles. The fourth-order valence-electron chi connectivity index (χ4n) is 2.39. The lowest BCUT2D eigenvalue weighted by Crippen LogP contribution is -2.31. The number of anilines is 1. The maximum absolute atomic E-state index is 12.3. The molecule has 8 heteroatoms. The first kappa shape index (κ1) is 21.7. The topological polar surface area (TPSA) is 84.9 Å². The molecule has 0 fully saturated rings. The summed E-state index contributed by atoms with van der Waals surface area (Å²) in [6.07, 6.45) is 1.69. The molecule has 0 aliphatic rings. The van der Waals surface area contributed by atoms with Gasteiger partial charge in [-0.15, -0.1) is 0 Å². The number of unbranched alkanes of at least 4 members (excludes halogenated alkanes) is 1. The van der Waals surface area contributed by atoms with E-state index in [9.17, 15) is 13.2 Å². The SMILES string of the molecule is CCCCNS(=O)(=O)c1ccc(OCC(=O)N(C)c2cccc(OC)c2)cc1. The van der Waals surface area contributed by atoms with E-state index in [1.807, 2.05) is 6.92 Å². The Bertz CT molecular complexity index is 882. The number of hydrogen-bond acceptors (Lipinski definition) is 5. The van der Waals surface area contributed by atoms with Crippen LogP contribution in [0.15, 0.2) is 53.4 Å². The Morgan fingerprint density at radius 3 is 2.46 bits per heavy atom. The lowest BCUT2D eigenvalue weighted by Gasteiger charge is -2.18. The number of nitrogens with zero attached hydrogens (tertiary/aromatic N) is 1. The zero-order valence-electron chi connectivity index (χ0n) is 16.3. The summed E-state index contributed by atoms with van der Waals surface area (Å²) in [6.45, 7) is 2.23. The highest BCUT2D eigenvalue weighted by Gasteiger charge is 2.15. The highest BCUT2D eigenvalue weighted by atomic mass is 32.2. The van der Waals surface area contributed by atoms with Gasteiger partial charge in [0.05, 0.1) is 12.0 Å². The Balaban J connectivity index is 1.94. The fourth-order valence-corrected chi connectivity index (χ4v) is 3.46. The standard InChI is InChI=1S/C20H26N2O5S/c1-4-5-13-21-28(24,25)19-11-9-17(10-12-19)27-15-20(23)22(2)16-7-6-8-18(14-16)26-3/h6-12,14,21H,4-5,13,15H2,1-3H3. The molecule has 0 saturated heterocycles. The van der Waals surface area contributed by atoms with Crippen LogP contribution in [0.2, 0.25) is 0 Å². The number of rotatable bonds is 10. The second kappa shape index (κ2) is 10.1. The van der Waals surface area contributed by atoms with Gasteiger partial charge in [0.1, 0.15) is 11.5 Å². The Morgan fingerprint density at radius 1 is 1.11 bits per heavy atom. The van der Waals surface area contributed by atoms with Crippen LogP contribution in [0.1, 0.15) is 19.8 Å². The summed E-state index contributed by atoms with van der Waals surface area (Å²) in [5, 5.41) is 0. The van der Waals surface area contributed by atoms with Gasteiger partial charge in [0.15, 0.2) is 6.61 Å². The van der Waals surface area contributed by atoms with Crippen LogP contribution in [0.4, 0.5) is 5.69 Å². The van der Waals surface area contributed by atoms with Crippen molar-refractivity contribution < 1.29 is 22.7 Å². The molecule has 0 spiro atoms. The Kier molecular flexibility index (Phi) is 7.83. The molecule has 7 nitrogen and oxygen atoms in total. The molecule has 152 valence electrons. The van der Waals surface area contributed by atoms with Crippen LogP contribution in [0.3, 0.4) is 0 Å². The Labute approximate surface area is 166 Å². The number of ether oxygens (including phenoxy) is 2. The predicted octanol–water partition coefficient (Wildman–Crippen LogP) is 2.82. The van der Waals surface area contributed by atoms with Crippen molar-refractivity contribution in [3.05, 3.63) is 48.5 Å². The lowest BCUT2D eigenvalue weighted by molar-refractivity contribution is -0.120. The highest BCUT2D eigenvalue weighted by molar-refractivity contribution is 7.89. The molecule has 0 heterocycles. The van der Waals surface area contributed by atoms with Crippen LogP contribution in [-0.2, 0) is 14.8 Å². The number of benzene rings is 2. The van der Waals surface area contributed by atoms with Crippen molar-refractivity contribution in [2.75, 3.05) is 32.2 Å². The molecular weight excluding hydrogens is 380 g/mol. The summed E-state index contributed by atoms with van der Waals surface area (Å²) >= 11 is 0. The van der Waals surface area contributed by atoms with Crippen molar-refractivity contribution in [1.82, 2.24) is 4.72 Å². The normalized spacial score (nSPS) is 11.1. The van der Waals surface area contributed by atoms with Crippen molar-refractivity contribution >= 4 is 21.6 Å². The third kappa shape index (κ3) is 5.97. The molecule has 0 atom stereocenters. The Hall–Kier alpha value is -2.58. The molecule has 0 unspecified atom stereocenters. The molecule has 28 heavy (non-hydrogen) atoms. The number of amides is 1. The van der Waals surface area contributed by atoms with Gasteiger partial charge in [-0.05, 0) is 42.8 Å². The summed E-state index contributed by atoms with van der Waals surface area (Å²) in [6, 6.07) is 13.1. The number of likely N-dealkylation sites (N-methyl/N-ethyl adjacent to an activating group) is 1. The second-order valence-corrected chi connectivity index (χ2v) is 7.93. The van der Waals surface area contributed by atoms with E-state index in [0.29, 0.717) is 23.7 Å². The summed E-state index contributed by atoms with van der Waals surface area (Å²) in [5.74, 6) is 0.827. The zero-order valence-corrected chi connectivity index (χ0v) is 17.2. The van der Waals surface area contributed by atoms with Gasteiger partial charge < -0.3 is 14.4 Å². The van der Waals surface area contributed by atoms with E-state index < -0.39 is 10.0 Å². The van der Waals surface area contributed by atoms with Gasteiger partial charge in [-0.3, -0.25) is 4.79 Å². The van der Waals surface area contributed by atoms with E-state index in [1.54, 1.807) is 38.4 Å². The minimum atomic E-state index is -3.53. The van der Waals surface area contributed by atoms with Crippen LogP contribution < -0.4 is 19.1 Å². The molecular formula is C20H26N2O5S. The van der Waals surface area contributed by atoms with Crippen molar-refractivity contribution in [3.8, 4) is 11.5 Å². The lowest BCUT2D eigenvalue weighted by atomic mass is 10.3. The second-order valence-electron chi connectivity index (χ2n) is 6.17. The first-order valence-corrected chi connectivity index (χ1v) is 10.5.